The third-order valence-electron chi connectivity index (χ3n) is 2.41. The molecule has 19 heavy (non-hydrogen) atoms. The van der Waals surface area contributed by atoms with Crippen LogP contribution in [-0.2, 0) is 4.74 Å². The molecule has 6 heteroatoms. The van der Waals surface area contributed by atoms with Crippen LogP contribution in [0.3, 0.4) is 0 Å². The lowest BCUT2D eigenvalue weighted by Crippen LogP contribution is -2.26. The topological polar surface area (TPSA) is 53.4 Å². The molecule has 2 aromatic rings. The van der Waals surface area contributed by atoms with Crippen molar-refractivity contribution in [3.05, 3.63) is 22.0 Å². The lowest BCUT2D eigenvalue weighted by atomic mass is 10.2. The number of halogens is 1. The van der Waals surface area contributed by atoms with Gasteiger partial charge in [-0.2, -0.15) is 0 Å². The highest BCUT2D eigenvalue weighted by atomic mass is 127. The van der Waals surface area contributed by atoms with E-state index in [1.54, 1.807) is 25.6 Å². The molecule has 5 nitrogen and oxygen atoms in total. The molecule has 102 valence electrons. The van der Waals surface area contributed by atoms with E-state index in [2.05, 4.69) is 27.6 Å². The first kappa shape index (κ1) is 14.1. The number of hydrogen-bond acceptors (Lipinski definition) is 4. The summed E-state index contributed by atoms with van der Waals surface area (Å²) in [6.45, 7) is 5.49. The van der Waals surface area contributed by atoms with Gasteiger partial charge in [-0.1, -0.05) is 0 Å². The van der Waals surface area contributed by atoms with E-state index in [1.807, 2.05) is 20.8 Å². The summed E-state index contributed by atoms with van der Waals surface area (Å²) in [5.74, 6) is 0.596. The Hall–Kier alpha value is -1.31. The van der Waals surface area contributed by atoms with Gasteiger partial charge in [0.25, 0.3) is 0 Å². The maximum absolute atomic E-state index is 12.2. The molecular formula is C13H15IN2O3. The summed E-state index contributed by atoms with van der Waals surface area (Å²) in [7, 11) is 1.56. The zero-order valence-corrected chi connectivity index (χ0v) is 13.4. The Bertz CT molecular complexity index is 629. The zero-order valence-electron chi connectivity index (χ0n) is 11.2. The average Bonchev–Trinajstić information content (AvgIpc) is 2.65. The molecule has 0 atom stereocenters. The fourth-order valence-electron chi connectivity index (χ4n) is 1.70. The van der Waals surface area contributed by atoms with Gasteiger partial charge in [-0.15, -0.1) is 0 Å². The van der Waals surface area contributed by atoms with Gasteiger partial charge in [-0.3, -0.25) is 4.98 Å². The number of methoxy groups -OCH3 is 1. The SMILES string of the molecule is COc1ccnc2c(I)cn(C(=O)OC(C)(C)C)c12. The van der Waals surface area contributed by atoms with E-state index in [1.165, 1.54) is 4.57 Å². The normalized spacial score (nSPS) is 11.6. The van der Waals surface area contributed by atoms with E-state index in [0.29, 0.717) is 11.3 Å². The first-order valence-electron chi connectivity index (χ1n) is 5.76. The van der Waals surface area contributed by atoms with Gasteiger partial charge in [0.2, 0.25) is 0 Å². The summed E-state index contributed by atoms with van der Waals surface area (Å²) in [5.41, 5.74) is 0.809. The van der Waals surface area contributed by atoms with Gasteiger partial charge in [-0.25, -0.2) is 9.36 Å². The van der Waals surface area contributed by atoms with Crippen molar-refractivity contribution in [2.75, 3.05) is 7.11 Å². The van der Waals surface area contributed by atoms with Gasteiger partial charge in [0.15, 0.2) is 0 Å². The molecule has 0 N–H and O–H groups in total. The Labute approximate surface area is 125 Å². The second kappa shape index (κ2) is 4.99. The fraction of sp³-hybridized carbons (Fsp3) is 0.385. The number of nitrogens with zero attached hydrogens (tertiary/aromatic N) is 2. The third kappa shape index (κ3) is 2.83. The number of carbonyl (C=O) groups is 1. The summed E-state index contributed by atoms with van der Waals surface area (Å²) in [5, 5.41) is 0. The Morgan fingerprint density at radius 3 is 2.68 bits per heavy atom. The van der Waals surface area contributed by atoms with E-state index >= 15 is 0 Å². The van der Waals surface area contributed by atoms with Crippen LogP contribution < -0.4 is 4.74 Å². The predicted molar refractivity (Wildman–Crippen MR) is 80.6 cm³/mol. The molecule has 0 fully saturated rings. The Morgan fingerprint density at radius 1 is 1.42 bits per heavy atom. The van der Waals surface area contributed by atoms with Gasteiger partial charge in [-0.05, 0) is 43.4 Å². The van der Waals surface area contributed by atoms with Crippen molar-refractivity contribution in [2.45, 2.75) is 26.4 Å². The Kier molecular flexibility index (Phi) is 3.71. The maximum Gasteiger partial charge on any atom is 0.419 e. The van der Waals surface area contributed by atoms with Crippen molar-refractivity contribution in [3.8, 4) is 5.75 Å². The molecule has 0 spiro atoms. The minimum Gasteiger partial charge on any atom is -0.494 e. The van der Waals surface area contributed by atoms with E-state index in [-0.39, 0.29) is 0 Å². The summed E-state index contributed by atoms with van der Waals surface area (Å²) in [6.07, 6.45) is 2.92. The fourth-order valence-corrected chi connectivity index (χ4v) is 2.38. The van der Waals surface area contributed by atoms with Crippen molar-refractivity contribution in [1.29, 1.82) is 0 Å². The van der Waals surface area contributed by atoms with Crippen LogP contribution in [0, 0.1) is 3.57 Å². The number of fused-ring (bicyclic) bond motifs is 1. The third-order valence-corrected chi connectivity index (χ3v) is 3.20. The highest BCUT2D eigenvalue weighted by molar-refractivity contribution is 14.1. The summed E-state index contributed by atoms with van der Waals surface area (Å²) in [4.78, 5) is 16.5. The molecule has 0 aliphatic heterocycles. The molecule has 2 aromatic heterocycles. The number of aromatic nitrogens is 2. The molecule has 0 saturated carbocycles. The van der Waals surface area contributed by atoms with Gasteiger partial charge < -0.3 is 9.47 Å². The average molecular weight is 374 g/mol. The number of pyridine rings is 1. The molecule has 0 aliphatic carbocycles. The first-order chi connectivity index (χ1) is 8.83. The van der Waals surface area contributed by atoms with Crippen molar-refractivity contribution in [1.82, 2.24) is 9.55 Å². The van der Waals surface area contributed by atoms with Gasteiger partial charge in [0, 0.05) is 18.5 Å². The second-order valence-corrected chi connectivity index (χ2v) is 6.20. The van der Waals surface area contributed by atoms with Crippen LogP contribution in [0.2, 0.25) is 0 Å². The van der Waals surface area contributed by atoms with Gasteiger partial charge in [0.1, 0.15) is 22.4 Å². The predicted octanol–water partition coefficient (Wildman–Crippen LogP) is 3.43. The highest BCUT2D eigenvalue weighted by Gasteiger charge is 2.22. The minimum absolute atomic E-state index is 0.438. The maximum atomic E-state index is 12.2. The van der Waals surface area contributed by atoms with Crippen LogP contribution in [0.1, 0.15) is 20.8 Å². The zero-order chi connectivity index (χ0) is 14.2. The van der Waals surface area contributed by atoms with Crippen LogP contribution in [0.4, 0.5) is 4.79 Å². The van der Waals surface area contributed by atoms with Crippen LogP contribution in [0.15, 0.2) is 18.5 Å². The molecule has 0 aliphatic rings. The molecule has 0 saturated heterocycles. The number of ether oxygens (including phenoxy) is 2. The number of hydrogen-bond donors (Lipinski definition) is 0. The monoisotopic (exact) mass is 374 g/mol. The van der Waals surface area contributed by atoms with E-state index in [0.717, 1.165) is 9.09 Å². The molecule has 0 unspecified atom stereocenters. The van der Waals surface area contributed by atoms with Crippen LogP contribution in [0.25, 0.3) is 11.0 Å². The molecular weight excluding hydrogens is 359 g/mol. The molecule has 0 radical (unpaired) electrons. The molecule has 2 rings (SSSR count). The number of rotatable bonds is 1. The minimum atomic E-state index is -0.547. The largest absolute Gasteiger partial charge is 0.494 e. The summed E-state index contributed by atoms with van der Waals surface area (Å²) >= 11 is 2.14. The van der Waals surface area contributed by atoms with Crippen molar-refractivity contribution in [2.24, 2.45) is 0 Å². The Balaban J connectivity index is 2.58. The van der Waals surface area contributed by atoms with Gasteiger partial charge >= 0.3 is 6.09 Å². The second-order valence-electron chi connectivity index (χ2n) is 5.04. The molecule has 0 amide bonds. The van der Waals surface area contributed by atoms with E-state index in [9.17, 15) is 4.79 Å². The molecule has 2 heterocycles. The first-order valence-corrected chi connectivity index (χ1v) is 6.84. The van der Waals surface area contributed by atoms with Crippen LogP contribution >= 0.6 is 22.6 Å². The smallest absolute Gasteiger partial charge is 0.419 e. The summed E-state index contributed by atoms with van der Waals surface area (Å²) in [6, 6.07) is 1.72. The van der Waals surface area contributed by atoms with E-state index in [4.69, 9.17) is 9.47 Å². The highest BCUT2D eigenvalue weighted by Crippen LogP contribution is 2.29. The molecule has 0 aromatic carbocycles. The molecule has 0 bridgehead atoms. The van der Waals surface area contributed by atoms with Gasteiger partial charge in [0.05, 0.1) is 10.7 Å². The Morgan fingerprint density at radius 2 is 2.11 bits per heavy atom. The quantitative estimate of drug-likeness (QED) is 0.718. The number of carbonyl (C=O) groups excluding carboxylic acids is 1. The standard InChI is InChI=1S/C13H15IN2O3/c1-13(2,3)19-12(17)16-7-8(14)10-11(16)9(18-4)5-6-15-10/h5-7H,1-4H3. The van der Waals surface area contributed by atoms with Crippen molar-refractivity contribution >= 4 is 39.7 Å². The van der Waals surface area contributed by atoms with E-state index < -0.39 is 11.7 Å². The van der Waals surface area contributed by atoms with Crippen LogP contribution in [0.5, 0.6) is 5.75 Å². The van der Waals surface area contributed by atoms with Crippen molar-refractivity contribution < 1.29 is 14.3 Å². The lowest BCUT2D eigenvalue weighted by Gasteiger charge is -2.20. The lowest BCUT2D eigenvalue weighted by molar-refractivity contribution is 0.0543. The van der Waals surface area contributed by atoms with Crippen molar-refractivity contribution in [3.63, 3.8) is 0 Å². The summed E-state index contributed by atoms with van der Waals surface area (Å²) < 4.78 is 13.0. The van der Waals surface area contributed by atoms with Crippen LogP contribution in [-0.4, -0.2) is 28.4 Å².